The number of carbonyl (C=O) groups is 2. The highest BCUT2D eigenvalue weighted by Crippen LogP contribution is 2.22. The second-order valence-electron chi connectivity index (χ2n) is 7.12. The van der Waals surface area contributed by atoms with E-state index in [0.717, 1.165) is 16.5 Å². The maximum absolute atomic E-state index is 12.3. The average molecular weight is 391 g/mol. The van der Waals surface area contributed by atoms with Crippen LogP contribution in [0.15, 0.2) is 66.7 Å². The summed E-state index contributed by atoms with van der Waals surface area (Å²) in [7, 11) is 1.76. The van der Waals surface area contributed by atoms with Crippen LogP contribution in [0.1, 0.15) is 34.6 Å². The zero-order valence-corrected chi connectivity index (χ0v) is 16.9. The Bertz CT molecular complexity index is 998. The Morgan fingerprint density at radius 1 is 0.897 bits per heavy atom. The van der Waals surface area contributed by atoms with Gasteiger partial charge in [-0.1, -0.05) is 30.3 Å². The summed E-state index contributed by atoms with van der Waals surface area (Å²) < 4.78 is 11.1. The van der Waals surface area contributed by atoms with E-state index in [4.69, 9.17) is 9.47 Å². The molecule has 150 valence electrons. The van der Waals surface area contributed by atoms with Crippen LogP contribution >= 0.6 is 0 Å². The highest BCUT2D eigenvalue weighted by molar-refractivity contribution is 5.96. The molecule has 0 radical (unpaired) electrons. The second-order valence-corrected chi connectivity index (χ2v) is 7.12. The van der Waals surface area contributed by atoms with E-state index < -0.39 is 0 Å². The highest BCUT2D eigenvalue weighted by atomic mass is 16.5. The highest BCUT2D eigenvalue weighted by Gasteiger charge is 2.12. The molecule has 0 spiro atoms. The van der Waals surface area contributed by atoms with E-state index in [1.54, 1.807) is 30.1 Å². The van der Waals surface area contributed by atoms with E-state index in [0.29, 0.717) is 24.3 Å². The standard InChI is InChI=1S/C24H25NO4/c1-17(2)29-24(27)21-10-9-20-16-22(12-11-19(20)15-21)28-14-13-25(3)23(26)18-7-5-4-6-8-18/h4-12,15-17H,13-14H2,1-3H3. The van der Waals surface area contributed by atoms with Crippen LogP contribution in [-0.2, 0) is 4.74 Å². The van der Waals surface area contributed by atoms with Gasteiger partial charge in [0.15, 0.2) is 0 Å². The van der Waals surface area contributed by atoms with Crippen molar-refractivity contribution >= 4 is 22.6 Å². The maximum Gasteiger partial charge on any atom is 0.338 e. The lowest BCUT2D eigenvalue weighted by atomic mass is 10.1. The summed E-state index contributed by atoms with van der Waals surface area (Å²) >= 11 is 0. The maximum atomic E-state index is 12.3. The van der Waals surface area contributed by atoms with Crippen molar-refractivity contribution in [1.82, 2.24) is 4.90 Å². The molecule has 0 saturated carbocycles. The molecule has 3 aromatic carbocycles. The number of likely N-dealkylation sites (N-methyl/N-ethyl adjacent to an activating group) is 1. The molecule has 0 aliphatic heterocycles. The number of hydrogen-bond donors (Lipinski definition) is 0. The van der Waals surface area contributed by atoms with E-state index in [1.807, 2.05) is 62.4 Å². The van der Waals surface area contributed by atoms with E-state index in [-0.39, 0.29) is 18.0 Å². The van der Waals surface area contributed by atoms with E-state index in [2.05, 4.69) is 0 Å². The van der Waals surface area contributed by atoms with Crippen molar-refractivity contribution in [3.05, 3.63) is 77.9 Å². The molecular formula is C24H25NO4. The first-order valence-electron chi connectivity index (χ1n) is 9.62. The summed E-state index contributed by atoms with van der Waals surface area (Å²) in [4.78, 5) is 26.0. The van der Waals surface area contributed by atoms with Gasteiger partial charge >= 0.3 is 5.97 Å². The normalized spacial score (nSPS) is 10.8. The molecule has 0 fully saturated rings. The summed E-state index contributed by atoms with van der Waals surface area (Å²) in [6.45, 7) is 4.52. The largest absolute Gasteiger partial charge is 0.492 e. The Hall–Kier alpha value is -3.34. The Balaban J connectivity index is 1.59. The molecule has 29 heavy (non-hydrogen) atoms. The van der Waals surface area contributed by atoms with Gasteiger partial charge in [0, 0.05) is 12.6 Å². The first-order chi connectivity index (χ1) is 13.9. The number of carbonyl (C=O) groups excluding carboxylic acids is 2. The number of amides is 1. The molecule has 1 amide bonds. The lowest BCUT2D eigenvalue weighted by Crippen LogP contribution is -2.30. The van der Waals surface area contributed by atoms with Crippen LogP contribution in [-0.4, -0.2) is 43.1 Å². The van der Waals surface area contributed by atoms with Crippen LogP contribution in [0.5, 0.6) is 5.75 Å². The molecule has 0 saturated heterocycles. The SMILES string of the molecule is CC(C)OC(=O)c1ccc2cc(OCCN(C)C(=O)c3ccccc3)ccc2c1. The molecule has 5 nitrogen and oxygen atoms in total. The molecule has 0 aliphatic carbocycles. The zero-order chi connectivity index (χ0) is 20.8. The topological polar surface area (TPSA) is 55.8 Å². The molecule has 0 N–H and O–H groups in total. The zero-order valence-electron chi connectivity index (χ0n) is 16.9. The molecule has 3 aromatic rings. The Labute approximate surface area is 170 Å². The van der Waals surface area contributed by atoms with Gasteiger partial charge in [0.05, 0.1) is 18.2 Å². The van der Waals surface area contributed by atoms with Crippen molar-refractivity contribution in [3.63, 3.8) is 0 Å². The minimum atomic E-state index is -0.326. The summed E-state index contributed by atoms with van der Waals surface area (Å²) in [6, 6.07) is 20.3. The number of rotatable bonds is 7. The summed E-state index contributed by atoms with van der Waals surface area (Å²) in [5.41, 5.74) is 1.19. The van der Waals surface area contributed by atoms with Crippen molar-refractivity contribution in [2.75, 3.05) is 20.2 Å². The van der Waals surface area contributed by atoms with Gasteiger partial charge in [-0.25, -0.2) is 4.79 Å². The number of hydrogen-bond acceptors (Lipinski definition) is 4. The van der Waals surface area contributed by atoms with Crippen molar-refractivity contribution in [2.24, 2.45) is 0 Å². The fraction of sp³-hybridized carbons (Fsp3) is 0.250. The van der Waals surface area contributed by atoms with Crippen LogP contribution in [0.4, 0.5) is 0 Å². The first-order valence-corrected chi connectivity index (χ1v) is 9.62. The molecule has 0 heterocycles. The number of esters is 1. The van der Waals surface area contributed by atoms with Crippen LogP contribution < -0.4 is 4.74 Å². The fourth-order valence-electron chi connectivity index (χ4n) is 2.93. The lowest BCUT2D eigenvalue weighted by Gasteiger charge is -2.17. The number of fused-ring (bicyclic) bond motifs is 1. The summed E-state index contributed by atoms with van der Waals surface area (Å²) in [5.74, 6) is 0.359. The minimum Gasteiger partial charge on any atom is -0.492 e. The molecule has 0 bridgehead atoms. The third kappa shape index (κ3) is 5.35. The summed E-state index contributed by atoms with van der Waals surface area (Å²) in [5, 5.41) is 1.91. The molecule has 0 aliphatic rings. The third-order valence-electron chi connectivity index (χ3n) is 4.45. The number of nitrogens with zero attached hydrogens (tertiary/aromatic N) is 1. The quantitative estimate of drug-likeness (QED) is 0.554. The van der Waals surface area contributed by atoms with Crippen molar-refractivity contribution < 1.29 is 19.1 Å². The van der Waals surface area contributed by atoms with Gasteiger partial charge in [0.2, 0.25) is 0 Å². The van der Waals surface area contributed by atoms with Gasteiger partial charge in [-0.05, 0) is 61.0 Å². The minimum absolute atomic E-state index is 0.0338. The molecule has 0 unspecified atom stereocenters. The Kier molecular flexibility index (Phi) is 6.50. The predicted molar refractivity (Wildman–Crippen MR) is 113 cm³/mol. The van der Waals surface area contributed by atoms with E-state index in [9.17, 15) is 9.59 Å². The fourth-order valence-corrected chi connectivity index (χ4v) is 2.93. The first kappa shape index (κ1) is 20.4. The second kappa shape index (κ2) is 9.24. The van der Waals surface area contributed by atoms with Gasteiger partial charge in [-0.2, -0.15) is 0 Å². The molecule has 5 heteroatoms. The van der Waals surface area contributed by atoms with Crippen LogP contribution in [0, 0.1) is 0 Å². The van der Waals surface area contributed by atoms with Crippen molar-refractivity contribution in [3.8, 4) is 5.75 Å². The van der Waals surface area contributed by atoms with Crippen LogP contribution in [0.25, 0.3) is 10.8 Å². The van der Waals surface area contributed by atoms with Gasteiger partial charge < -0.3 is 14.4 Å². The molecular weight excluding hydrogens is 366 g/mol. The van der Waals surface area contributed by atoms with Gasteiger partial charge in [0.25, 0.3) is 5.91 Å². The van der Waals surface area contributed by atoms with Gasteiger partial charge in [0.1, 0.15) is 12.4 Å². The smallest absolute Gasteiger partial charge is 0.338 e. The van der Waals surface area contributed by atoms with Gasteiger partial charge in [-0.3, -0.25) is 4.79 Å². The van der Waals surface area contributed by atoms with Crippen molar-refractivity contribution in [1.29, 1.82) is 0 Å². The number of benzene rings is 3. The van der Waals surface area contributed by atoms with Gasteiger partial charge in [-0.15, -0.1) is 0 Å². The molecule has 0 atom stereocenters. The van der Waals surface area contributed by atoms with E-state index in [1.165, 1.54) is 0 Å². The molecule has 0 aromatic heterocycles. The van der Waals surface area contributed by atoms with Crippen LogP contribution in [0.3, 0.4) is 0 Å². The predicted octanol–water partition coefficient (Wildman–Crippen LogP) is 4.56. The van der Waals surface area contributed by atoms with Crippen molar-refractivity contribution in [2.45, 2.75) is 20.0 Å². The average Bonchev–Trinajstić information content (AvgIpc) is 2.72. The Morgan fingerprint density at radius 2 is 1.59 bits per heavy atom. The van der Waals surface area contributed by atoms with Crippen LogP contribution in [0.2, 0.25) is 0 Å². The summed E-state index contributed by atoms with van der Waals surface area (Å²) in [6.07, 6.45) is -0.152. The van der Waals surface area contributed by atoms with E-state index >= 15 is 0 Å². The monoisotopic (exact) mass is 391 g/mol. The number of ether oxygens (including phenoxy) is 2. The Morgan fingerprint density at radius 3 is 2.31 bits per heavy atom. The molecule has 3 rings (SSSR count). The third-order valence-corrected chi connectivity index (χ3v) is 4.45. The lowest BCUT2D eigenvalue weighted by molar-refractivity contribution is 0.0378.